The second-order valence-electron chi connectivity index (χ2n) is 15.6. The van der Waals surface area contributed by atoms with Crippen molar-refractivity contribution < 1.29 is 38.9 Å². The van der Waals surface area contributed by atoms with Crippen LogP contribution in [0.4, 0.5) is 0 Å². The van der Waals surface area contributed by atoms with Crippen molar-refractivity contribution in [2.24, 2.45) is 40.4 Å². The number of ether oxygens (including phenoxy) is 1. The third kappa shape index (κ3) is 4.76. The lowest BCUT2D eigenvalue weighted by atomic mass is 9.40. The van der Waals surface area contributed by atoms with Gasteiger partial charge in [-0.1, -0.05) is 71.9 Å². The number of phenolic OH excluding ortho intramolecular Hbond substituents is 1. The lowest BCUT2D eigenvalue weighted by Crippen LogP contribution is -2.76. The zero-order valence-corrected chi connectivity index (χ0v) is 28.3. The van der Waals surface area contributed by atoms with Crippen molar-refractivity contribution in [1.82, 2.24) is 0 Å². The van der Waals surface area contributed by atoms with E-state index in [9.17, 15) is 34.2 Å². The molecule has 0 spiro atoms. The van der Waals surface area contributed by atoms with Crippen LogP contribution >= 0.6 is 0 Å². The van der Waals surface area contributed by atoms with Gasteiger partial charge in [0.15, 0.2) is 28.7 Å². The van der Waals surface area contributed by atoms with Crippen LogP contribution in [0.25, 0.3) is 11.1 Å². The summed E-state index contributed by atoms with van der Waals surface area (Å²) in [6.07, 6.45) is 7.25. The Morgan fingerprint density at radius 2 is 1.66 bits per heavy atom. The Bertz CT molecular complexity index is 1700. The maximum atomic E-state index is 14.6. The van der Waals surface area contributed by atoms with Crippen LogP contribution in [0.15, 0.2) is 30.3 Å². The number of aliphatic hydroxyl groups is 1. The summed E-state index contributed by atoms with van der Waals surface area (Å²) >= 11 is 0. The molecule has 3 unspecified atom stereocenters. The fourth-order valence-corrected chi connectivity index (χ4v) is 10.2. The molecule has 8 nitrogen and oxygen atoms in total. The minimum atomic E-state index is -2.71. The molecule has 6 atom stereocenters. The van der Waals surface area contributed by atoms with E-state index in [-0.39, 0.29) is 24.2 Å². The lowest BCUT2D eigenvalue weighted by Gasteiger charge is -2.61. The number of phenols is 1. The number of benzene rings is 2. The molecule has 2 N–H and O–H groups in total. The molecule has 0 aromatic heterocycles. The van der Waals surface area contributed by atoms with E-state index >= 15 is 0 Å². The van der Waals surface area contributed by atoms with Crippen LogP contribution < -0.4 is 4.74 Å². The van der Waals surface area contributed by atoms with Gasteiger partial charge >= 0.3 is 0 Å². The number of rotatable bonds is 6. The Morgan fingerprint density at radius 3 is 2.28 bits per heavy atom. The van der Waals surface area contributed by atoms with Gasteiger partial charge in [0.05, 0.1) is 18.6 Å². The number of hydrogen-bond donors (Lipinski definition) is 2. The summed E-state index contributed by atoms with van der Waals surface area (Å²) in [6.45, 7) is 8.06. The molecule has 0 saturated heterocycles. The third-order valence-electron chi connectivity index (χ3n) is 12.1. The summed E-state index contributed by atoms with van der Waals surface area (Å²) in [6, 6.07) is 9.33. The van der Waals surface area contributed by atoms with Gasteiger partial charge in [0, 0.05) is 16.9 Å². The van der Waals surface area contributed by atoms with Crippen LogP contribution in [0.3, 0.4) is 0 Å². The SMILES string of the molecule is COc1ccc(CC2CCCCC2)cc1-c1ccc(O)c2c1C[C@]1(C)C[C@]3(C)C(C(C)C)C(=O)C(C(C)=O)C(=O)[C@]3(O)C(=O)C1C2=O. The van der Waals surface area contributed by atoms with Crippen molar-refractivity contribution in [1.29, 1.82) is 0 Å². The predicted molar refractivity (Wildman–Crippen MR) is 175 cm³/mol. The molecule has 2 aromatic rings. The molecular formula is C39H46O8. The van der Waals surface area contributed by atoms with Crippen molar-refractivity contribution in [3.63, 3.8) is 0 Å². The molecule has 3 saturated carbocycles. The van der Waals surface area contributed by atoms with Crippen LogP contribution in [-0.4, -0.2) is 51.8 Å². The first-order chi connectivity index (χ1) is 22.1. The molecule has 47 heavy (non-hydrogen) atoms. The van der Waals surface area contributed by atoms with Gasteiger partial charge in [-0.3, -0.25) is 24.0 Å². The van der Waals surface area contributed by atoms with Crippen LogP contribution in [0, 0.1) is 40.4 Å². The van der Waals surface area contributed by atoms with E-state index in [1.165, 1.54) is 38.2 Å². The summed E-state index contributed by atoms with van der Waals surface area (Å²) in [4.78, 5) is 69.4. The number of ketones is 5. The van der Waals surface area contributed by atoms with Crippen molar-refractivity contribution in [2.45, 2.75) is 91.6 Å². The smallest absolute Gasteiger partial charge is 0.190 e. The lowest BCUT2D eigenvalue weighted by molar-refractivity contribution is -0.205. The molecule has 3 fully saturated rings. The van der Waals surface area contributed by atoms with Gasteiger partial charge < -0.3 is 14.9 Å². The number of Topliss-reactive ketones (excluding diaryl/α,β-unsaturated/α-hetero) is 5. The minimum Gasteiger partial charge on any atom is -0.507 e. The van der Waals surface area contributed by atoms with Gasteiger partial charge in [-0.25, -0.2) is 0 Å². The molecule has 0 radical (unpaired) electrons. The van der Waals surface area contributed by atoms with Crippen LogP contribution in [0.2, 0.25) is 0 Å². The third-order valence-corrected chi connectivity index (χ3v) is 12.1. The van der Waals surface area contributed by atoms with Crippen molar-refractivity contribution in [3.8, 4) is 22.6 Å². The average molecular weight is 643 g/mol. The molecule has 0 bridgehead atoms. The molecule has 4 aliphatic carbocycles. The maximum absolute atomic E-state index is 14.6. The number of methoxy groups -OCH3 is 1. The number of hydrogen-bond acceptors (Lipinski definition) is 8. The van der Waals surface area contributed by atoms with Crippen molar-refractivity contribution in [2.75, 3.05) is 7.11 Å². The Labute approximate surface area is 276 Å². The summed E-state index contributed by atoms with van der Waals surface area (Å²) in [5, 5.41) is 23.4. The van der Waals surface area contributed by atoms with Crippen molar-refractivity contribution in [3.05, 3.63) is 47.0 Å². The first-order valence-corrected chi connectivity index (χ1v) is 17.0. The molecule has 250 valence electrons. The highest BCUT2D eigenvalue weighted by atomic mass is 16.5. The van der Waals surface area contributed by atoms with E-state index in [2.05, 4.69) is 12.1 Å². The average Bonchev–Trinajstić information content (AvgIpc) is 2.99. The molecule has 8 heteroatoms. The fraction of sp³-hybridized carbons (Fsp3) is 0.564. The van der Waals surface area contributed by atoms with E-state index in [0.29, 0.717) is 22.8 Å². The molecule has 0 heterocycles. The van der Waals surface area contributed by atoms with E-state index in [0.717, 1.165) is 24.5 Å². The summed E-state index contributed by atoms with van der Waals surface area (Å²) in [7, 11) is 1.59. The quantitative estimate of drug-likeness (QED) is 0.373. The Morgan fingerprint density at radius 1 is 0.979 bits per heavy atom. The highest BCUT2D eigenvalue weighted by Crippen LogP contribution is 2.64. The first-order valence-electron chi connectivity index (χ1n) is 17.0. The zero-order chi connectivity index (χ0) is 34.2. The van der Waals surface area contributed by atoms with Gasteiger partial charge in [-0.15, -0.1) is 0 Å². The van der Waals surface area contributed by atoms with Gasteiger partial charge in [0.2, 0.25) is 0 Å². The molecule has 0 aliphatic heterocycles. The van der Waals surface area contributed by atoms with E-state index in [1.54, 1.807) is 40.9 Å². The zero-order valence-electron chi connectivity index (χ0n) is 28.3. The van der Waals surface area contributed by atoms with Gasteiger partial charge in [-0.05, 0) is 78.3 Å². The first kappa shape index (κ1) is 33.3. The Balaban J connectivity index is 1.50. The molecular weight excluding hydrogens is 596 g/mol. The van der Waals surface area contributed by atoms with E-state index in [1.807, 2.05) is 6.07 Å². The van der Waals surface area contributed by atoms with E-state index < -0.39 is 69.0 Å². The summed E-state index contributed by atoms with van der Waals surface area (Å²) < 4.78 is 5.80. The molecule has 4 aliphatic rings. The largest absolute Gasteiger partial charge is 0.507 e. The van der Waals surface area contributed by atoms with Crippen LogP contribution in [0.5, 0.6) is 11.5 Å². The molecule has 2 aromatic carbocycles. The molecule has 0 amide bonds. The fourth-order valence-electron chi connectivity index (χ4n) is 10.2. The normalized spacial score (nSPS) is 32.6. The van der Waals surface area contributed by atoms with Crippen molar-refractivity contribution >= 4 is 28.9 Å². The number of aromatic hydroxyl groups is 1. The standard InChI is InChI=1S/C39H46O8/c1-20(2)31-33(42)29(21(3)40)35(44)39(46)36(45)32-34(43)30-26(18-37(32,4)19-38(31,39)5)24(13-14-27(30)41)25-17-23(12-15-28(25)47-6)16-22-10-8-7-9-11-22/h12-15,17,20,22,29,31-32,41,46H,7-11,16,18-19H2,1-6H3/t29?,31?,32?,37-,38-,39+/m1/s1. The monoisotopic (exact) mass is 642 g/mol. The topological polar surface area (TPSA) is 135 Å². The predicted octanol–water partition coefficient (Wildman–Crippen LogP) is 5.89. The second-order valence-corrected chi connectivity index (χ2v) is 15.6. The Kier molecular flexibility index (Phi) is 8.14. The second kappa shape index (κ2) is 11.5. The van der Waals surface area contributed by atoms with Gasteiger partial charge in [-0.2, -0.15) is 0 Å². The van der Waals surface area contributed by atoms with Gasteiger partial charge in [0.1, 0.15) is 23.2 Å². The summed E-state index contributed by atoms with van der Waals surface area (Å²) in [5.74, 6) is -7.78. The van der Waals surface area contributed by atoms with Gasteiger partial charge in [0.25, 0.3) is 0 Å². The Hall–Kier alpha value is -3.65. The highest BCUT2D eigenvalue weighted by Gasteiger charge is 2.76. The highest BCUT2D eigenvalue weighted by molar-refractivity contribution is 6.32. The number of carbonyl (C=O) groups excluding carboxylic acids is 5. The van der Waals surface area contributed by atoms with E-state index in [4.69, 9.17) is 4.74 Å². The number of fused-ring (bicyclic) bond motifs is 3. The van der Waals surface area contributed by atoms with Crippen LogP contribution in [-0.2, 0) is 32.0 Å². The maximum Gasteiger partial charge on any atom is 0.190 e. The molecule has 6 rings (SSSR count). The summed E-state index contributed by atoms with van der Waals surface area (Å²) in [5.41, 5.74) is -2.17. The van der Waals surface area contributed by atoms with Crippen LogP contribution in [0.1, 0.15) is 94.6 Å². The number of carbonyl (C=O) groups is 5. The minimum absolute atomic E-state index is 0.00636.